The van der Waals surface area contributed by atoms with Crippen molar-refractivity contribution in [1.82, 2.24) is 4.98 Å². The van der Waals surface area contributed by atoms with Crippen molar-refractivity contribution < 1.29 is 13.2 Å². The minimum Gasteiger partial charge on any atom is -0.352 e. The standard InChI is InChI=1S/C20H18F3N/c1-2-11-7-13(8-11)18-16-9-15(22)10-17(23)20(16)24-19(18)12-3-5-14(21)6-4-12/h3-6,9-11,13,24H,2,7-8H2,1H3. The summed E-state index contributed by atoms with van der Waals surface area (Å²) in [4.78, 5) is 3.11. The summed E-state index contributed by atoms with van der Waals surface area (Å²) in [6, 6.07) is 8.42. The normalized spacial score (nSPS) is 20.3. The number of fused-ring (bicyclic) bond motifs is 1. The highest BCUT2D eigenvalue weighted by atomic mass is 19.1. The largest absolute Gasteiger partial charge is 0.352 e. The number of aromatic nitrogens is 1. The highest BCUT2D eigenvalue weighted by Gasteiger charge is 2.33. The Bertz CT molecular complexity index is 889. The van der Waals surface area contributed by atoms with E-state index in [1.54, 1.807) is 12.1 Å². The van der Waals surface area contributed by atoms with Crippen molar-refractivity contribution in [3.63, 3.8) is 0 Å². The van der Waals surface area contributed by atoms with Crippen LogP contribution in [-0.4, -0.2) is 4.98 Å². The molecule has 1 heterocycles. The minimum atomic E-state index is -0.592. The molecule has 0 radical (unpaired) electrons. The molecule has 4 heteroatoms. The Balaban J connectivity index is 1.91. The summed E-state index contributed by atoms with van der Waals surface area (Å²) in [6.45, 7) is 2.16. The Hall–Kier alpha value is -2.23. The lowest BCUT2D eigenvalue weighted by Gasteiger charge is -2.35. The van der Waals surface area contributed by atoms with Gasteiger partial charge in [0.25, 0.3) is 0 Å². The van der Waals surface area contributed by atoms with Crippen LogP contribution in [0.2, 0.25) is 0 Å². The lowest BCUT2D eigenvalue weighted by atomic mass is 9.69. The van der Waals surface area contributed by atoms with E-state index in [0.29, 0.717) is 16.8 Å². The van der Waals surface area contributed by atoms with Crippen LogP contribution in [0.25, 0.3) is 22.2 Å². The molecule has 1 fully saturated rings. The number of H-pyrrole nitrogens is 1. The average Bonchev–Trinajstić information content (AvgIpc) is 2.87. The summed E-state index contributed by atoms with van der Waals surface area (Å²) in [6.07, 6.45) is 3.17. The molecule has 0 unspecified atom stereocenters. The smallest absolute Gasteiger partial charge is 0.150 e. The van der Waals surface area contributed by atoms with Crippen LogP contribution >= 0.6 is 0 Å². The molecule has 3 aromatic rings. The fraction of sp³-hybridized carbons (Fsp3) is 0.300. The van der Waals surface area contributed by atoms with Crippen LogP contribution in [-0.2, 0) is 0 Å². The first-order valence-corrected chi connectivity index (χ1v) is 8.33. The number of aromatic amines is 1. The van der Waals surface area contributed by atoms with Crippen molar-refractivity contribution in [2.75, 3.05) is 0 Å². The van der Waals surface area contributed by atoms with Gasteiger partial charge in [-0.3, -0.25) is 0 Å². The average molecular weight is 329 g/mol. The molecule has 1 aliphatic carbocycles. The molecule has 1 saturated carbocycles. The van der Waals surface area contributed by atoms with Crippen molar-refractivity contribution in [1.29, 1.82) is 0 Å². The second kappa shape index (κ2) is 5.69. The van der Waals surface area contributed by atoms with Crippen LogP contribution in [0.4, 0.5) is 13.2 Å². The molecule has 0 saturated heterocycles. The molecule has 0 atom stereocenters. The highest BCUT2D eigenvalue weighted by molar-refractivity contribution is 5.92. The third-order valence-corrected chi connectivity index (χ3v) is 5.22. The van der Waals surface area contributed by atoms with Crippen LogP contribution in [0.3, 0.4) is 0 Å². The number of benzene rings is 2. The Morgan fingerprint density at radius 1 is 1.00 bits per heavy atom. The Labute approximate surface area is 138 Å². The van der Waals surface area contributed by atoms with E-state index in [9.17, 15) is 13.2 Å². The number of nitrogens with one attached hydrogen (secondary N) is 1. The molecule has 124 valence electrons. The van der Waals surface area contributed by atoms with Crippen molar-refractivity contribution >= 4 is 10.9 Å². The quantitative estimate of drug-likeness (QED) is 0.592. The van der Waals surface area contributed by atoms with Crippen LogP contribution < -0.4 is 0 Å². The molecule has 1 N–H and O–H groups in total. The monoisotopic (exact) mass is 329 g/mol. The summed E-state index contributed by atoms with van der Waals surface area (Å²) < 4.78 is 41.2. The molecule has 2 aromatic carbocycles. The van der Waals surface area contributed by atoms with Gasteiger partial charge >= 0.3 is 0 Å². The van der Waals surface area contributed by atoms with Gasteiger partial charge in [0, 0.05) is 11.5 Å². The highest BCUT2D eigenvalue weighted by Crippen LogP contribution is 2.49. The molecule has 0 aliphatic heterocycles. The van der Waals surface area contributed by atoms with E-state index in [1.165, 1.54) is 18.2 Å². The summed E-state index contributed by atoms with van der Waals surface area (Å²) in [5.74, 6) is -0.532. The van der Waals surface area contributed by atoms with Crippen LogP contribution in [0.5, 0.6) is 0 Å². The van der Waals surface area contributed by atoms with Crippen LogP contribution in [0, 0.1) is 23.4 Å². The lowest BCUT2D eigenvalue weighted by molar-refractivity contribution is 0.258. The predicted molar refractivity (Wildman–Crippen MR) is 89.4 cm³/mol. The first-order chi connectivity index (χ1) is 11.6. The van der Waals surface area contributed by atoms with Gasteiger partial charge < -0.3 is 4.98 Å². The maximum atomic E-state index is 14.2. The lowest BCUT2D eigenvalue weighted by Crippen LogP contribution is -2.21. The maximum Gasteiger partial charge on any atom is 0.150 e. The molecule has 0 amide bonds. The second-order valence-corrected chi connectivity index (χ2v) is 6.67. The maximum absolute atomic E-state index is 14.2. The minimum absolute atomic E-state index is 0.282. The van der Waals surface area contributed by atoms with Gasteiger partial charge in [-0.1, -0.05) is 13.3 Å². The molecule has 24 heavy (non-hydrogen) atoms. The SMILES string of the molecule is CCC1CC(c2c(-c3ccc(F)cc3)[nH]c3c(F)cc(F)cc23)C1. The number of halogens is 3. The van der Waals surface area contributed by atoms with E-state index >= 15 is 0 Å². The van der Waals surface area contributed by atoms with Gasteiger partial charge in [0.1, 0.15) is 17.5 Å². The van der Waals surface area contributed by atoms with Crippen LogP contribution in [0.1, 0.15) is 37.7 Å². The summed E-state index contributed by atoms with van der Waals surface area (Å²) in [5, 5.41) is 0.603. The topological polar surface area (TPSA) is 15.8 Å². The van der Waals surface area contributed by atoms with Gasteiger partial charge in [-0.2, -0.15) is 0 Å². The number of rotatable bonds is 3. The molecule has 0 spiro atoms. The molecular formula is C20H18F3N. The molecule has 4 rings (SSSR count). The molecular weight excluding hydrogens is 311 g/mol. The van der Waals surface area contributed by atoms with Gasteiger partial charge in [0.05, 0.1) is 11.2 Å². The van der Waals surface area contributed by atoms with E-state index in [-0.39, 0.29) is 11.7 Å². The first kappa shape index (κ1) is 15.3. The fourth-order valence-corrected chi connectivity index (χ4v) is 3.81. The third kappa shape index (κ3) is 2.41. The zero-order valence-electron chi connectivity index (χ0n) is 13.4. The van der Waals surface area contributed by atoms with E-state index in [1.807, 2.05) is 0 Å². The zero-order valence-corrected chi connectivity index (χ0v) is 13.4. The van der Waals surface area contributed by atoms with Gasteiger partial charge in [-0.25, -0.2) is 13.2 Å². The molecule has 1 nitrogen and oxygen atoms in total. The van der Waals surface area contributed by atoms with E-state index in [0.717, 1.165) is 42.1 Å². The second-order valence-electron chi connectivity index (χ2n) is 6.67. The van der Waals surface area contributed by atoms with Gasteiger partial charge in [-0.05, 0) is 66.1 Å². The van der Waals surface area contributed by atoms with Crippen molar-refractivity contribution in [3.8, 4) is 11.3 Å². The summed E-state index contributed by atoms with van der Waals surface area (Å²) in [5.41, 5.74) is 2.85. The Morgan fingerprint density at radius 2 is 1.71 bits per heavy atom. The number of hydrogen-bond acceptors (Lipinski definition) is 0. The van der Waals surface area contributed by atoms with Gasteiger partial charge in [-0.15, -0.1) is 0 Å². The van der Waals surface area contributed by atoms with E-state index < -0.39 is 11.6 Å². The molecule has 0 bridgehead atoms. The van der Waals surface area contributed by atoms with E-state index in [4.69, 9.17) is 0 Å². The summed E-state index contributed by atoms with van der Waals surface area (Å²) >= 11 is 0. The van der Waals surface area contributed by atoms with Crippen molar-refractivity contribution in [3.05, 3.63) is 59.4 Å². The predicted octanol–water partition coefficient (Wildman–Crippen LogP) is 6.16. The fourth-order valence-electron chi connectivity index (χ4n) is 3.81. The molecule has 1 aromatic heterocycles. The van der Waals surface area contributed by atoms with Crippen LogP contribution in [0.15, 0.2) is 36.4 Å². The van der Waals surface area contributed by atoms with Crippen molar-refractivity contribution in [2.24, 2.45) is 5.92 Å². The van der Waals surface area contributed by atoms with E-state index in [2.05, 4.69) is 11.9 Å². The third-order valence-electron chi connectivity index (χ3n) is 5.22. The van der Waals surface area contributed by atoms with Gasteiger partial charge in [0.15, 0.2) is 0 Å². The zero-order chi connectivity index (χ0) is 16.8. The summed E-state index contributed by atoms with van der Waals surface area (Å²) in [7, 11) is 0. The van der Waals surface area contributed by atoms with Crippen molar-refractivity contribution in [2.45, 2.75) is 32.1 Å². The Kier molecular flexibility index (Phi) is 3.63. The first-order valence-electron chi connectivity index (χ1n) is 8.33. The van der Waals surface area contributed by atoms with Gasteiger partial charge in [0.2, 0.25) is 0 Å². The number of hydrogen-bond donors (Lipinski definition) is 1. The Morgan fingerprint density at radius 3 is 2.38 bits per heavy atom. The molecule has 1 aliphatic rings.